The molecule has 1 N–H and O–H groups in total. The van der Waals surface area contributed by atoms with Crippen molar-refractivity contribution in [3.63, 3.8) is 0 Å². The molecule has 1 fully saturated rings. The van der Waals surface area contributed by atoms with Gasteiger partial charge in [0.2, 0.25) is 15.9 Å². The van der Waals surface area contributed by atoms with Gasteiger partial charge in [-0.2, -0.15) is 0 Å². The van der Waals surface area contributed by atoms with Crippen molar-refractivity contribution in [1.29, 1.82) is 0 Å². The summed E-state index contributed by atoms with van der Waals surface area (Å²) in [7, 11) is -0.650. The van der Waals surface area contributed by atoms with Gasteiger partial charge in [0.25, 0.3) is 0 Å². The molecule has 0 unspecified atom stereocenters. The van der Waals surface area contributed by atoms with Crippen molar-refractivity contribution in [3.05, 3.63) is 35.9 Å². The normalized spacial score (nSPS) is 17.6. The van der Waals surface area contributed by atoms with Crippen molar-refractivity contribution < 1.29 is 13.2 Å². The lowest BCUT2D eigenvalue weighted by molar-refractivity contribution is -0.119. The third-order valence-corrected chi connectivity index (χ3v) is 5.96. The van der Waals surface area contributed by atoms with Crippen LogP contribution in [0.15, 0.2) is 30.3 Å². The van der Waals surface area contributed by atoms with E-state index in [0.29, 0.717) is 5.92 Å². The Hall–Kier alpha value is -1.40. The molecule has 0 bridgehead atoms. The summed E-state index contributed by atoms with van der Waals surface area (Å²) in [6.07, 6.45) is 4.47. The number of carbonyl (C=O) groups excluding carboxylic acids is 1. The molecule has 0 saturated heterocycles. The van der Waals surface area contributed by atoms with Crippen LogP contribution in [0, 0.1) is 5.92 Å². The molecule has 0 aromatic heterocycles. The Kier molecular flexibility index (Phi) is 5.58. The first kappa shape index (κ1) is 17.0. The van der Waals surface area contributed by atoms with E-state index in [4.69, 9.17) is 0 Å². The molecule has 6 heteroatoms. The van der Waals surface area contributed by atoms with Gasteiger partial charge in [-0.3, -0.25) is 4.79 Å². The van der Waals surface area contributed by atoms with E-state index in [1.165, 1.54) is 26.9 Å². The fraction of sp³-hybridized carbons (Fsp3) is 0.562. The number of amides is 1. The molecule has 5 nitrogen and oxygen atoms in total. The minimum atomic E-state index is -3.53. The Morgan fingerprint density at radius 3 is 2.36 bits per heavy atom. The summed E-state index contributed by atoms with van der Waals surface area (Å²) in [5, 5.41) is 2.94. The van der Waals surface area contributed by atoms with Gasteiger partial charge in [0.1, 0.15) is 5.75 Å². The topological polar surface area (TPSA) is 66.5 Å². The van der Waals surface area contributed by atoms with Crippen LogP contribution in [0.25, 0.3) is 0 Å². The second-order valence-corrected chi connectivity index (χ2v) is 8.22. The van der Waals surface area contributed by atoms with Gasteiger partial charge in [-0.05, 0) is 24.3 Å². The molecule has 0 spiro atoms. The van der Waals surface area contributed by atoms with Crippen LogP contribution in [0.1, 0.15) is 37.3 Å². The van der Waals surface area contributed by atoms with E-state index < -0.39 is 21.7 Å². The molecule has 2 rings (SSSR count). The summed E-state index contributed by atoms with van der Waals surface area (Å²) in [4.78, 5) is 12.2. The first-order chi connectivity index (χ1) is 10.4. The Morgan fingerprint density at radius 1 is 1.23 bits per heavy atom. The van der Waals surface area contributed by atoms with Gasteiger partial charge in [0.15, 0.2) is 0 Å². The monoisotopic (exact) mass is 324 g/mol. The zero-order valence-corrected chi connectivity index (χ0v) is 14.0. The minimum absolute atomic E-state index is 0.103. The van der Waals surface area contributed by atoms with Crippen molar-refractivity contribution in [2.45, 2.75) is 31.7 Å². The van der Waals surface area contributed by atoms with Crippen molar-refractivity contribution >= 4 is 15.9 Å². The van der Waals surface area contributed by atoms with Crippen molar-refractivity contribution in [2.24, 2.45) is 5.92 Å². The summed E-state index contributed by atoms with van der Waals surface area (Å²) in [6.45, 7) is 0. The minimum Gasteiger partial charge on any atom is -0.348 e. The molecule has 1 aliphatic rings. The average molecular weight is 324 g/mol. The van der Waals surface area contributed by atoms with Crippen molar-refractivity contribution in [2.75, 3.05) is 19.8 Å². The molecule has 1 amide bonds. The van der Waals surface area contributed by atoms with E-state index in [2.05, 4.69) is 5.32 Å². The van der Waals surface area contributed by atoms with Gasteiger partial charge < -0.3 is 5.32 Å². The fourth-order valence-electron chi connectivity index (χ4n) is 2.93. The van der Waals surface area contributed by atoms with Gasteiger partial charge in [0, 0.05) is 14.1 Å². The standard InChI is InChI=1S/C16H24N2O3S/c1-18(2)22(20,21)12-15(19)17-16(14-10-6-7-11-14)13-8-4-3-5-9-13/h3-5,8-9,14,16H,6-7,10-12H2,1-2H3,(H,17,19)/t16-/m0/s1. The van der Waals surface area contributed by atoms with E-state index in [1.807, 2.05) is 30.3 Å². The van der Waals surface area contributed by atoms with E-state index >= 15 is 0 Å². The third-order valence-electron chi connectivity index (χ3n) is 4.22. The lowest BCUT2D eigenvalue weighted by Gasteiger charge is -2.25. The summed E-state index contributed by atoms with van der Waals surface area (Å²) in [6, 6.07) is 9.70. The number of nitrogens with one attached hydrogen (secondary N) is 1. The maximum atomic E-state index is 12.2. The number of benzene rings is 1. The van der Waals surface area contributed by atoms with Crippen LogP contribution in [0.4, 0.5) is 0 Å². The van der Waals surface area contributed by atoms with Crippen LogP contribution in [-0.4, -0.2) is 38.5 Å². The zero-order chi connectivity index (χ0) is 16.2. The first-order valence-electron chi connectivity index (χ1n) is 7.64. The fourth-order valence-corrected chi connectivity index (χ4v) is 3.61. The molecule has 22 heavy (non-hydrogen) atoms. The third kappa shape index (κ3) is 4.30. The molecule has 0 aliphatic heterocycles. The Balaban J connectivity index is 2.12. The van der Waals surface area contributed by atoms with Crippen LogP contribution in [-0.2, 0) is 14.8 Å². The maximum absolute atomic E-state index is 12.2. The number of carbonyl (C=O) groups is 1. The average Bonchev–Trinajstić information content (AvgIpc) is 2.99. The largest absolute Gasteiger partial charge is 0.348 e. The zero-order valence-electron chi connectivity index (χ0n) is 13.2. The smallest absolute Gasteiger partial charge is 0.237 e. The summed E-state index contributed by atoms with van der Waals surface area (Å²) >= 11 is 0. The predicted molar refractivity (Wildman–Crippen MR) is 86.8 cm³/mol. The highest BCUT2D eigenvalue weighted by Crippen LogP contribution is 2.35. The molecule has 0 radical (unpaired) electrons. The van der Waals surface area contributed by atoms with Gasteiger partial charge in [0.05, 0.1) is 6.04 Å². The molecular formula is C16H24N2O3S. The number of hydrogen-bond acceptors (Lipinski definition) is 3. The lowest BCUT2D eigenvalue weighted by Crippen LogP contribution is -2.39. The van der Waals surface area contributed by atoms with Gasteiger partial charge >= 0.3 is 0 Å². The van der Waals surface area contributed by atoms with Gasteiger partial charge in [-0.15, -0.1) is 0 Å². The maximum Gasteiger partial charge on any atom is 0.237 e. The van der Waals surface area contributed by atoms with Crippen LogP contribution in [0.3, 0.4) is 0 Å². The van der Waals surface area contributed by atoms with Crippen LogP contribution in [0.2, 0.25) is 0 Å². The summed E-state index contributed by atoms with van der Waals surface area (Å²) in [5.74, 6) is -0.557. The molecule has 122 valence electrons. The highest BCUT2D eigenvalue weighted by atomic mass is 32.2. The molecule has 1 aliphatic carbocycles. The van der Waals surface area contributed by atoms with Crippen molar-refractivity contribution in [3.8, 4) is 0 Å². The second kappa shape index (κ2) is 7.24. The Labute approximate surface area is 132 Å². The SMILES string of the molecule is CN(C)S(=O)(=O)CC(=O)N[C@@H](c1ccccc1)C1CCCC1. The summed E-state index contributed by atoms with van der Waals surface area (Å²) < 4.78 is 24.8. The predicted octanol–water partition coefficient (Wildman–Crippen LogP) is 1.93. The number of nitrogens with zero attached hydrogens (tertiary/aromatic N) is 1. The van der Waals surface area contributed by atoms with E-state index in [0.717, 1.165) is 22.7 Å². The number of rotatable bonds is 6. The first-order valence-corrected chi connectivity index (χ1v) is 9.25. The van der Waals surface area contributed by atoms with E-state index in [9.17, 15) is 13.2 Å². The van der Waals surface area contributed by atoms with E-state index in [1.54, 1.807) is 0 Å². The lowest BCUT2D eigenvalue weighted by atomic mass is 9.91. The van der Waals surface area contributed by atoms with Crippen molar-refractivity contribution in [1.82, 2.24) is 9.62 Å². The highest BCUT2D eigenvalue weighted by molar-refractivity contribution is 7.89. The van der Waals surface area contributed by atoms with Crippen LogP contribution >= 0.6 is 0 Å². The Morgan fingerprint density at radius 2 is 1.82 bits per heavy atom. The van der Waals surface area contributed by atoms with Crippen LogP contribution in [0.5, 0.6) is 0 Å². The second-order valence-electron chi connectivity index (χ2n) is 6.04. The van der Waals surface area contributed by atoms with Crippen LogP contribution < -0.4 is 5.32 Å². The molecule has 1 aromatic carbocycles. The van der Waals surface area contributed by atoms with Gasteiger partial charge in [-0.1, -0.05) is 43.2 Å². The van der Waals surface area contributed by atoms with E-state index in [-0.39, 0.29) is 6.04 Å². The molecular weight excluding hydrogens is 300 g/mol. The molecule has 1 aromatic rings. The molecule has 1 saturated carbocycles. The molecule has 0 heterocycles. The van der Waals surface area contributed by atoms with Gasteiger partial charge in [-0.25, -0.2) is 12.7 Å². The number of sulfonamides is 1. The highest BCUT2D eigenvalue weighted by Gasteiger charge is 2.29. The quantitative estimate of drug-likeness (QED) is 0.869. The Bertz CT molecular complexity index is 593. The number of hydrogen-bond donors (Lipinski definition) is 1. The summed E-state index contributed by atoms with van der Waals surface area (Å²) in [5.41, 5.74) is 1.05. The molecule has 1 atom stereocenters.